The fourth-order valence-electron chi connectivity index (χ4n) is 1.68. The van der Waals surface area contributed by atoms with Gasteiger partial charge in [-0.15, -0.1) is 0 Å². The van der Waals surface area contributed by atoms with Gasteiger partial charge in [-0.25, -0.2) is 0 Å². The van der Waals surface area contributed by atoms with Crippen molar-refractivity contribution in [3.05, 3.63) is 0 Å². The lowest BCUT2D eigenvalue weighted by Gasteiger charge is -2.26. The summed E-state index contributed by atoms with van der Waals surface area (Å²) >= 11 is 0. The molecule has 1 aliphatic carbocycles. The molecule has 0 aliphatic heterocycles. The third-order valence-electron chi connectivity index (χ3n) is 2.89. The molecule has 80 valence electrons. The van der Waals surface area contributed by atoms with E-state index in [1.807, 2.05) is 0 Å². The maximum atomic E-state index is 11.7. The van der Waals surface area contributed by atoms with E-state index in [1.54, 1.807) is 13.8 Å². The molecule has 0 spiro atoms. The first-order valence-corrected chi connectivity index (χ1v) is 5.35. The van der Waals surface area contributed by atoms with Gasteiger partial charge < -0.3 is 5.32 Å². The van der Waals surface area contributed by atoms with Gasteiger partial charge in [-0.1, -0.05) is 19.3 Å². The monoisotopic (exact) mass is 196 g/mol. The number of nitrogens with one attached hydrogen (secondary N) is 1. The van der Waals surface area contributed by atoms with E-state index in [4.69, 9.17) is 0 Å². The first kappa shape index (κ1) is 11.2. The number of carbonyl (C=O) groups excluding carboxylic acids is 1. The standard InChI is InChI=1S/C11H20N2O/c1-11(2,12-3)10(14)13-9-7-5-4-6-8-9/h9H,3-8H2,1-2H3,(H,13,14). The molecule has 0 bridgehead atoms. The summed E-state index contributed by atoms with van der Waals surface area (Å²) in [6.07, 6.45) is 5.98. The van der Waals surface area contributed by atoms with Gasteiger partial charge >= 0.3 is 0 Å². The average Bonchev–Trinajstić information content (AvgIpc) is 2.19. The molecule has 1 aliphatic rings. The van der Waals surface area contributed by atoms with Gasteiger partial charge in [0.25, 0.3) is 0 Å². The Hall–Kier alpha value is -0.860. The molecular formula is C11H20N2O. The quantitative estimate of drug-likeness (QED) is 0.688. The highest BCUT2D eigenvalue weighted by Gasteiger charge is 2.27. The Bertz CT molecular complexity index is 217. The first-order chi connectivity index (χ1) is 6.56. The lowest BCUT2D eigenvalue weighted by molar-refractivity contribution is -0.126. The molecule has 0 radical (unpaired) electrons. The molecule has 0 unspecified atom stereocenters. The molecule has 1 N–H and O–H groups in total. The van der Waals surface area contributed by atoms with Crippen LogP contribution in [0, 0.1) is 0 Å². The van der Waals surface area contributed by atoms with Crippen LogP contribution >= 0.6 is 0 Å². The van der Waals surface area contributed by atoms with Crippen LogP contribution in [0.5, 0.6) is 0 Å². The molecule has 3 heteroatoms. The zero-order valence-electron chi connectivity index (χ0n) is 9.18. The minimum absolute atomic E-state index is 0.000556. The number of carbonyl (C=O) groups is 1. The Balaban J connectivity index is 2.43. The van der Waals surface area contributed by atoms with E-state index in [2.05, 4.69) is 17.0 Å². The van der Waals surface area contributed by atoms with Crippen LogP contribution in [0.2, 0.25) is 0 Å². The number of hydrogen-bond acceptors (Lipinski definition) is 2. The van der Waals surface area contributed by atoms with Gasteiger partial charge in [0.15, 0.2) is 0 Å². The largest absolute Gasteiger partial charge is 0.351 e. The number of hydrogen-bond donors (Lipinski definition) is 1. The molecule has 0 atom stereocenters. The normalized spacial score (nSPS) is 19.0. The minimum atomic E-state index is -0.683. The number of aliphatic imine (C=N–C) groups is 1. The van der Waals surface area contributed by atoms with Crippen molar-refractivity contribution in [2.75, 3.05) is 0 Å². The fraction of sp³-hybridized carbons (Fsp3) is 0.818. The second kappa shape index (κ2) is 4.58. The van der Waals surface area contributed by atoms with Crippen LogP contribution in [0.25, 0.3) is 0 Å². The Morgan fingerprint density at radius 3 is 2.43 bits per heavy atom. The summed E-state index contributed by atoms with van der Waals surface area (Å²) in [5.41, 5.74) is -0.683. The van der Waals surface area contributed by atoms with E-state index in [9.17, 15) is 4.79 Å². The van der Waals surface area contributed by atoms with Crippen LogP contribution in [0.4, 0.5) is 0 Å². The Labute approximate surface area is 86.0 Å². The molecule has 1 rings (SSSR count). The van der Waals surface area contributed by atoms with Gasteiger partial charge in [0, 0.05) is 6.04 Å². The van der Waals surface area contributed by atoms with Crippen molar-refractivity contribution in [3.8, 4) is 0 Å². The Morgan fingerprint density at radius 2 is 1.93 bits per heavy atom. The topological polar surface area (TPSA) is 41.5 Å². The predicted molar refractivity (Wildman–Crippen MR) is 58.6 cm³/mol. The molecule has 0 aromatic rings. The van der Waals surface area contributed by atoms with Crippen molar-refractivity contribution >= 4 is 12.6 Å². The van der Waals surface area contributed by atoms with Gasteiger partial charge in [0.05, 0.1) is 0 Å². The van der Waals surface area contributed by atoms with Crippen molar-refractivity contribution < 1.29 is 4.79 Å². The van der Waals surface area contributed by atoms with E-state index < -0.39 is 5.54 Å². The molecular weight excluding hydrogens is 176 g/mol. The van der Waals surface area contributed by atoms with E-state index in [0.29, 0.717) is 6.04 Å². The van der Waals surface area contributed by atoms with Gasteiger partial charge in [0.2, 0.25) is 5.91 Å². The van der Waals surface area contributed by atoms with Crippen molar-refractivity contribution in [1.29, 1.82) is 0 Å². The van der Waals surface area contributed by atoms with Crippen LogP contribution < -0.4 is 5.32 Å². The predicted octanol–water partition coefficient (Wildman–Crippen LogP) is 1.91. The van der Waals surface area contributed by atoms with Gasteiger partial charge in [-0.2, -0.15) is 0 Å². The highest BCUT2D eigenvalue weighted by Crippen LogP contribution is 2.18. The molecule has 14 heavy (non-hydrogen) atoms. The van der Waals surface area contributed by atoms with Crippen molar-refractivity contribution in [2.45, 2.75) is 57.5 Å². The second-order valence-electron chi connectivity index (χ2n) is 4.53. The van der Waals surface area contributed by atoms with Gasteiger partial charge in [0.1, 0.15) is 5.54 Å². The molecule has 1 amide bonds. The highest BCUT2D eigenvalue weighted by atomic mass is 16.2. The summed E-state index contributed by atoms with van der Waals surface area (Å²) in [4.78, 5) is 15.5. The van der Waals surface area contributed by atoms with Gasteiger partial charge in [-0.3, -0.25) is 9.79 Å². The summed E-state index contributed by atoms with van der Waals surface area (Å²) in [5.74, 6) is -0.000556. The van der Waals surface area contributed by atoms with Crippen LogP contribution in [0.15, 0.2) is 4.99 Å². The smallest absolute Gasteiger partial charge is 0.247 e. The maximum Gasteiger partial charge on any atom is 0.247 e. The van der Waals surface area contributed by atoms with E-state index in [-0.39, 0.29) is 5.91 Å². The van der Waals surface area contributed by atoms with Crippen molar-refractivity contribution in [2.24, 2.45) is 4.99 Å². The third-order valence-corrected chi connectivity index (χ3v) is 2.89. The molecule has 1 fully saturated rings. The lowest BCUT2D eigenvalue weighted by Crippen LogP contribution is -2.46. The number of rotatable bonds is 3. The molecule has 0 heterocycles. The van der Waals surface area contributed by atoms with Crippen LogP contribution in [-0.4, -0.2) is 24.2 Å². The highest BCUT2D eigenvalue weighted by molar-refractivity contribution is 5.86. The molecule has 0 aromatic carbocycles. The average molecular weight is 196 g/mol. The lowest BCUT2D eigenvalue weighted by atomic mass is 9.94. The number of amides is 1. The van der Waals surface area contributed by atoms with Crippen molar-refractivity contribution in [1.82, 2.24) is 5.32 Å². The van der Waals surface area contributed by atoms with Crippen LogP contribution in [0.3, 0.4) is 0 Å². The summed E-state index contributed by atoms with van der Waals surface area (Å²) < 4.78 is 0. The molecule has 1 saturated carbocycles. The van der Waals surface area contributed by atoms with E-state index in [1.165, 1.54) is 19.3 Å². The fourth-order valence-corrected chi connectivity index (χ4v) is 1.68. The zero-order valence-corrected chi connectivity index (χ0v) is 9.18. The zero-order chi connectivity index (χ0) is 10.6. The Morgan fingerprint density at radius 1 is 1.36 bits per heavy atom. The maximum absolute atomic E-state index is 11.7. The van der Waals surface area contributed by atoms with E-state index in [0.717, 1.165) is 12.8 Å². The summed E-state index contributed by atoms with van der Waals surface area (Å²) in [5, 5.41) is 3.04. The summed E-state index contributed by atoms with van der Waals surface area (Å²) in [6, 6.07) is 0.359. The Kier molecular flexibility index (Phi) is 3.67. The van der Waals surface area contributed by atoms with E-state index >= 15 is 0 Å². The minimum Gasteiger partial charge on any atom is -0.351 e. The van der Waals surface area contributed by atoms with Crippen LogP contribution in [0.1, 0.15) is 46.0 Å². The van der Waals surface area contributed by atoms with Crippen molar-refractivity contribution in [3.63, 3.8) is 0 Å². The number of nitrogens with zero attached hydrogens (tertiary/aromatic N) is 1. The summed E-state index contributed by atoms with van der Waals surface area (Å²) in [6.45, 7) is 7.02. The third kappa shape index (κ3) is 2.82. The molecule has 0 saturated heterocycles. The molecule has 0 aromatic heterocycles. The van der Waals surface area contributed by atoms with Crippen LogP contribution in [-0.2, 0) is 4.79 Å². The van der Waals surface area contributed by atoms with Gasteiger partial charge in [-0.05, 0) is 33.4 Å². The summed E-state index contributed by atoms with van der Waals surface area (Å²) in [7, 11) is 0. The second-order valence-corrected chi connectivity index (χ2v) is 4.53. The SMILES string of the molecule is C=NC(C)(C)C(=O)NC1CCCCC1. The molecule has 3 nitrogen and oxygen atoms in total. The first-order valence-electron chi connectivity index (χ1n) is 5.35.